The van der Waals surface area contributed by atoms with Crippen LogP contribution in [0.4, 0.5) is 28.7 Å². The van der Waals surface area contributed by atoms with Crippen molar-refractivity contribution in [1.82, 2.24) is 54.3 Å². The first-order valence-corrected chi connectivity index (χ1v) is 39.8. The second-order valence-corrected chi connectivity index (χ2v) is 28.5. The van der Waals surface area contributed by atoms with E-state index in [1.165, 1.54) is 32.2 Å². The van der Waals surface area contributed by atoms with Crippen molar-refractivity contribution >= 4 is 63.0 Å². The average Bonchev–Trinajstić information content (AvgIpc) is 1.60. The molecule has 5 aliphatic rings. The van der Waals surface area contributed by atoms with Crippen LogP contribution in [0.15, 0.2) is 181 Å². The van der Waals surface area contributed by atoms with Gasteiger partial charge in [0.05, 0.1) is 55.4 Å². The molecule has 29 heteroatoms. The molecule has 612 valence electrons. The van der Waals surface area contributed by atoms with Gasteiger partial charge in [-0.05, 0) is 147 Å². The first kappa shape index (κ1) is 83.7. The number of ether oxygens (including phenoxy) is 8. The third-order valence-corrected chi connectivity index (χ3v) is 21.2. The number of aromatic nitrogens is 6. The number of furan rings is 1. The summed E-state index contributed by atoms with van der Waals surface area (Å²) in [5.41, 5.74) is 18.6. The van der Waals surface area contributed by atoms with E-state index in [-0.39, 0.29) is 23.5 Å². The number of piperazine rings is 4. The number of nitrogens with two attached hydrogens (primary N) is 2. The Morgan fingerprint density at radius 1 is 0.478 bits per heavy atom. The van der Waals surface area contributed by atoms with Crippen molar-refractivity contribution in [2.45, 2.75) is 25.3 Å². The highest BCUT2D eigenvalue weighted by Crippen LogP contribution is 2.35. The largest absolute Gasteiger partial charge is 0.491 e. The number of Topliss-reactive ketones (excluding diaryl/α,β-unsaturated/α-hetero) is 1. The molecule has 15 rings (SSSR count). The van der Waals surface area contributed by atoms with E-state index in [9.17, 15) is 14.4 Å². The molecular formula is C86H111N17O12. The fraction of sp³-hybridized carbons (Fsp3) is 0.430. The minimum absolute atomic E-state index is 0.0446. The maximum Gasteiger partial charge on any atom is 0.261 e. The van der Waals surface area contributed by atoms with Gasteiger partial charge in [0.1, 0.15) is 55.0 Å². The van der Waals surface area contributed by atoms with Gasteiger partial charge in [-0.2, -0.15) is 14.6 Å². The first-order valence-electron chi connectivity index (χ1n) is 39.8. The van der Waals surface area contributed by atoms with Crippen molar-refractivity contribution in [3.63, 3.8) is 0 Å². The monoisotopic (exact) mass is 1570 g/mol. The molecule has 10 aromatic rings. The van der Waals surface area contributed by atoms with Crippen molar-refractivity contribution in [3.8, 4) is 34.6 Å². The predicted octanol–water partition coefficient (Wildman–Crippen LogP) is 8.32. The quantitative estimate of drug-likeness (QED) is 0.0257. The lowest BCUT2D eigenvalue weighted by Gasteiger charge is -2.36. The van der Waals surface area contributed by atoms with Crippen molar-refractivity contribution < 1.29 is 56.7 Å². The van der Waals surface area contributed by atoms with Gasteiger partial charge in [0.15, 0.2) is 22.8 Å². The number of methoxy groups -OCH3 is 4. The molecule has 0 saturated carbocycles. The van der Waals surface area contributed by atoms with E-state index in [1.54, 1.807) is 82.0 Å². The van der Waals surface area contributed by atoms with Crippen LogP contribution in [0.5, 0.6) is 23.0 Å². The highest BCUT2D eigenvalue weighted by atomic mass is 16.5. The summed E-state index contributed by atoms with van der Waals surface area (Å²) >= 11 is 0. The maximum atomic E-state index is 14.3. The van der Waals surface area contributed by atoms with Crippen molar-refractivity contribution in [2.24, 2.45) is 5.73 Å². The van der Waals surface area contributed by atoms with Gasteiger partial charge >= 0.3 is 0 Å². The number of anilines is 5. The Morgan fingerprint density at radius 3 is 1.33 bits per heavy atom. The van der Waals surface area contributed by atoms with Crippen LogP contribution in [-0.4, -0.2) is 285 Å². The first-order chi connectivity index (χ1) is 56.3. The number of imide groups is 1. The summed E-state index contributed by atoms with van der Waals surface area (Å²) < 4.78 is 51.0. The van der Waals surface area contributed by atoms with Crippen LogP contribution in [0.2, 0.25) is 0 Å². The lowest BCUT2D eigenvalue weighted by molar-refractivity contribution is -0.125. The van der Waals surface area contributed by atoms with Crippen LogP contribution >= 0.6 is 0 Å². The number of hydrogen-bond donors (Lipinski definition) is 3. The van der Waals surface area contributed by atoms with Gasteiger partial charge < -0.3 is 78.7 Å². The molecule has 6 aromatic carbocycles. The number of fused-ring (bicyclic) bond motifs is 4. The molecular weight excluding hydrogens is 1460 g/mol. The normalized spacial score (nSPS) is 16.0. The Labute approximate surface area is 673 Å². The highest BCUT2D eigenvalue weighted by molar-refractivity contribution is 6.21. The second-order valence-electron chi connectivity index (χ2n) is 28.5. The van der Waals surface area contributed by atoms with E-state index in [2.05, 4.69) is 103 Å². The zero-order valence-electron chi connectivity index (χ0n) is 67.0. The number of carbonyl (C=O) groups is 3. The van der Waals surface area contributed by atoms with Gasteiger partial charge in [0.2, 0.25) is 11.8 Å². The Bertz CT molecular complexity index is 4550. The number of benzene rings is 6. The summed E-state index contributed by atoms with van der Waals surface area (Å²) in [7, 11) is 6.68. The molecule has 0 spiro atoms. The van der Waals surface area contributed by atoms with Crippen molar-refractivity contribution in [2.75, 3.05) is 244 Å². The lowest BCUT2D eigenvalue weighted by atomic mass is 9.85. The number of amides is 2. The standard InChI is InChI=1S/C35H39N9O4.C23H27N3O4.C15H25N3O2.C13H20N2O2/c1-35(25-8-4-3-5-9-25,44-33-28(24-37-44)32-38-31(29-10-7-21-48-29)40-43(32)34(36)39-33)30(45)11-6-16-41-17-19-42(20-18-41)26-12-14-27(15-13-26)47-23-22-46-2;1-29-16-17-30-19-8-6-18(7-9-19)25-13-10-24(11-14-25)12-15-26-22(27)20-4-2-3-5-21(20)23(26)28;1-19-12-13-20-15-4-2-14(3-5-15)18-10-8-17(7-6-16)9-11-18;1-16-10-11-17-13-4-2-12(3-5-13)15-8-6-14-7-9-15/h3-5,7-10,12-15,21,24H,6,11,16-20,22-23H2,1-2H3,(H2,36,39);2-9H,10-17H2,1H3;2-5H,6-13,16H2,1H3;2-5,14H,6-11H2,1H3. The smallest absolute Gasteiger partial charge is 0.261 e. The zero-order valence-corrected chi connectivity index (χ0v) is 67.0. The van der Waals surface area contributed by atoms with Crippen LogP contribution in [0.1, 0.15) is 46.0 Å². The summed E-state index contributed by atoms with van der Waals surface area (Å²) in [6.07, 6.45) is 4.34. The molecule has 29 nitrogen and oxygen atoms in total. The summed E-state index contributed by atoms with van der Waals surface area (Å²) in [6.45, 7) is 26.1. The molecule has 4 fully saturated rings. The van der Waals surface area contributed by atoms with E-state index in [0.29, 0.717) is 112 Å². The maximum absolute atomic E-state index is 14.3. The Kier molecular flexibility index (Phi) is 31.0. The number of nitrogens with zero attached hydrogens (tertiary/aromatic N) is 14. The molecule has 4 saturated heterocycles. The SMILES string of the molecule is COCCOc1ccc(N2CCN(CCCC(=O)C(C)(c3ccccc3)n3ncc4c3nc(N)n3nc(-c5ccco5)nc43)CC2)cc1.COCCOc1ccc(N2CCN(CCN)CC2)cc1.COCCOc1ccc(N2CCN(CCN3C(=O)c4ccccc4C3=O)CC2)cc1.COCCOc1ccc(N2CCNCC2)cc1. The topological polar surface area (TPSA) is 289 Å². The number of hydrogen-bond acceptors (Lipinski definition) is 26. The molecule has 115 heavy (non-hydrogen) atoms. The molecule has 5 N–H and O–H groups in total. The lowest BCUT2D eigenvalue weighted by Crippen LogP contribution is -2.49. The Morgan fingerprint density at radius 2 is 0.904 bits per heavy atom. The van der Waals surface area contributed by atoms with Gasteiger partial charge in [-0.25, -0.2) is 9.67 Å². The van der Waals surface area contributed by atoms with E-state index < -0.39 is 5.54 Å². The number of nitrogen functional groups attached to an aromatic ring is 1. The van der Waals surface area contributed by atoms with Crippen molar-refractivity contribution in [3.05, 3.63) is 193 Å². The Balaban J connectivity index is 0.000000155. The van der Waals surface area contributed by atoms with Crippen LogP contribution in [0.25, 0.3) is 28.3 Å². The zero-order chi connectivity index (χ0) is 80.1. The fourth-order valence-electron chi connectivity index (χ4n) is 14.6. The third-order valence-electron chi connectivity index (χ3n) is 21.2. The molecule has 0 bridgehead atoms. The summed E-state index contributed by atoms with van der Waals surface area (Å²) in [5, 5.41) is 13.2. The average molecular weight is 1570 g/mol. The summed E-state index contributed by atoms with van der Waals surface area (Å²) in [4.78, 5) is 66.7. The summed E-state index contributed by atoms with van der Waals surface area (Å²) in [5.74, 6) is 4.21. The fourth-order valence-corrected chi connectivity index (χ4v) is 14.6. The van der Waals surface area contributed by atoms with Gasteiger partial charge in [-0.3, -0.25) is 34.0 Å². The van der Waals surface area contributed by atoms with E-state index in [4.69, 9.17) is 58.9 Å². The minimum Gasteiger partial charge on any atom is -0.491 e. The molecule has 9 heterocycles. The van der Waals surface area contributed by atoms with Crippen LogP contribution in [-0.2, 0) is 29.3 Å². The van der Waals surface area contributed by atoms with Crippen LogP contribution in [0.3, 0.4) is 0 Å². The van der Waals surface area contributed by atoms with Gasteiger partial charge in [0, 0.05) is 189 Å². The molecule has 1 atom stereocenters. The Hall–Kier alpha value is -10.7. The second kappa shape index (κ2) is 42.6. The molecule has 0 radical (unpaired) electrons. The van der Waals surface area contributed by atoms with Gasteiger partial charge in [-0.15, -0.1) is 5.10 Å². The molecule has 5 aliphatic heterocycles. The minimum atomic E-state index is -1.12. The van der Waals surface area contributed by atoms with Crippen LogP contribution < -0.4 is 55.3 Å². The molecule has 0 aliphatic carbocycles. The van der Waals surface area contributed by atoms with E-state index in [1.807, 2.05) is 85.8 Å². The molecule has 4 aromatic heterocycles. The number of ketones is 1. The van der Waals surface area contributed by atoms with Gasteiger partial charge in [0.25, 0.3) is 11.8 Å². The number of carbonyl (C=O) groups excluding carboxylic acids is 3. The summed E-state index contributed by atoms with van der Waals surface area (Å²) in [6, 6.07) is 53.2. The predicted molar refractivity (Wildman–Crippen MR) is 447 cm³/mol. The number of rotatable bonds is 33. The highest BCUT2D eigenvalue weighted by Gasteiger charge is 2.40. The van der Waals surface area contributed by atoms with E-state index >= 15 is 0 Å². The molecule has 1 unspecified atom stereocenters. The molecule has 2 amide bonds. The van der Waals surface area contributed by atoms with Crippen LogP contribution in [0, 0.1) is 0 Å². The van der Waals surface area contributed by atoms with E-state index in [0.717, 1.165) is 159 Å². The van der Waals surface area contributed by atoms with Gasteiger partial charge in [-0.1, -0.05) is 42.5 Å². The van der Waals surface area contributed by atoms with Crippen molar-refractivity contribution in [1.29, 1.82) is 0 Å². The third kappa shape index (κ3) is 22.2. The number of nitrogens with one attached hydrogen (secondary N) is 1.